The third-order valence-corrected chi connectivity index (χ3v) is 2.97. The van der Waals surface area contributed by atoms with Gasteiger partial charge in [0.15, 0.2) is 6.29 Å². The maximum atomic E-state index is 5.67. The second-order valence-corrected chi connectivity index (χ2v) is 4.00. The van der Waals surface area contributed by atoms with E-state index in [9.17, 15) is 0 Å². The van der Waals surface area contributed by atoms with Gasteiger partial charge in [-0.05, 0) is 19.1 Å². The summed E-state index contributed by atoms with van der Waals surface area (Å²) in [4.78, 5) is 4.63. The van der Waals surface area contributed by atoms with Crippen LogP contribution in [0.5, 0.6) is 0 Å². The summed E-state index contributed by atoms with van der Waals surface area (Å²) >= 11 is 0. The van der Waals surface area contributed by atoms with Crippen molar-refractivity contribution in [2.24, 2.45) is 0 Å². The zero-order valence-corrected chi connectivity index (χ0v) is 9.31. The van der Waals surface area contributed by atoms with Gasteiger partial charge in [-0.3, -0.25) is 0 Å². The summed E-state index contributed by atoms with van der Waals surface area (Å²) in [5.41, 5.74) is 3.05. The molecule has 1 aliphatic heterocycles. The van der Waals surface area contributed by atoms with Gasteiger partial charge in [-0.1, -0.05) is 18.2 Å². The van der Waals surface area contributed by atoms with Gasteiger partial charge in [0.05, 0.1) is 11.2 Å². The van der Waals surface area contributed by atoms with Crippen LogP contribution in [0, 0.1) is 0 Å². The lowest BCUT2D eigenvalue weighted by Crippen LogP contribution is -1.98. The van der Waals surface area contributed by atoms with Crippen LogP contribution < -0.4 is 0 Å². The quantitative estimate of drug-likeness (QED) is 0.732. The molecule has 0 N–H and O–H groups in total. The van der Waals surface area contributed by atoms with Gasteiger partial charge in [0.1, 0.15) is 6.10 Å². The van der Waals surface area contributed by atoms with E-state index in [1.165, 1.54) is 0 Å². The first-order chi connectivity index (χ1) is 7.79. The Morgan fingerprint density at radius 3 is 2.94 bits per heavy atom. The van der Waals surface area contributed by atoms with Gasteiger partial charge in [0, 0.05) is 18.1 Å². The van der Waals surface area contributed by atoms with Crippen LogP contribution in [0.1, 0.15) is 30.6 Å². The Kier molecular flexibility index (Phi) is 2.16. The van der Waals surface area contributed by atoms with E-state index in [0.717, 1.165) is 22.2 Å². The predicted molar refractivity (Wildman–Crippen MR) is 61.0 cm³/mol. The summed E-state index contributed by atoms with van der Waals surface area (Å²) in [6.07, 6.45) is -0.272. The van der Waals surface area contributed by atoms with E-state index in [-0.39, 0.29) is 12.4 Å². The van der Waals surface area contributed by atoms with Gasteiger partial charge >= 0.3 is 0 Å². The minimum atomic E-state index is -0.276. The number of ether oxygens (including phenoxy) is 2. The Morgan fingerprint density at radius 1 is 1.31 bits per heavy atom. The molecular formula is C13H13NO2. The molecule has 1 aromatic carbocycles. The Bertz CT molecular complexity index is 538. The molecule has 2 heterocycles. The molecule has 0 bridgehead atoms. The number of fused-ring (bicyclic) bond motifs is 2. The molecule has 3 nitrogen and oxygen atoms in total. The van der Waals surface area contributed by atoms with E-state index in [1.807, 2.05) is 25.1 Å². The summed E-state index contributed by atoms with van der Waals surface area (Å²) in [6, 6.07) is 10.2. The zero-order valence-electron chi connectivity index (χ0n) is 9.31. The SMILES string of the molecule is CO[C@H]1O[C@@H](C)c2nc3ccccc3cc21. The summed E-state index contributed by atoms with van der Waals surface area (Å²) < 4.78 is 11.0. The Hall–Kier alpha value is -1.45. The zero-order chi connectivity index (χ0) is 11.1. The molecule has 0 amide bonds. The first kappa shape index (κ1) is 9.75. The van der Waals surface area contributed by atoms with Crippen LogP contribution in [-0.4, -0.2) is 12.1 Å². The Morgan fingerprint density at radius 2 is 2.12 bits per heavy atom. The number of hydrogen-bond donors (Lipinski definition) is 0. The van der Waals surface area contributed by atoms with Gasteiger partial charge in [-0.15, -0.1) is 0 Å². The van der Waals surface area contributed by atoms with Crippen LogP contribution in [0.3, 0.4) is 0 Å². The number of pyridine rings is 1. The molecule has 1 aliphatic rings. The van der Waals surface area contributed by atoms with E-state index in [1.54, 1.807) is 7.11 Å². The van der Waals surface area contributed by atoms with E-state index in [4.69, 9.17) is 9.47 Å². The molecule has 0 aliphatic carbocycles. The van der Waals surface area contributed by atoms with Crippen molar-refractivity contribution in [2.75, 3.05) is 7.11 Å². The summed E-state index contributed by atoms with van der Waals surface area (Å²) in [6.45, 7) is 2.00. The lowest BCUT2D eigenvalue weighted by Gasteiger charge is -2.08. The maximum Gasteiger partial charge on any atom is 0.186 e. The molecule has 0 saturated heterocycles. The largest absolute Gasteiger partial charge is 0.352 e. The highest BCUT2D eigenvalue weighted by Crippen LogP contribution is 2.39. The Balaban J connectivity index is 2.25. The summed E-state index contributed by atoms with van der Waals surface area (Å²) in [7, 11) is 1.65. The fraction of sp³-hybridized carbons (Fsp3) is 0.308. The molecule has 2 atom stereocenters. The highest BCUT2D eigenvalue weighted by molar-refractivity contribution is 5.79. The molecular weight excluding hydrogens is 202 g/mol. The first-order valence-electron chi connectivity index (χ1n) is 5.37. The van der Waals surface area contributed by atoms with Crippen LogP contribution >= 0.6 is 0 Å². The summed E-state index contributed by atoms with van der Waals surface area (Å²) in [5, 5.41) is 1.13. The van der Waals surface area contributed by atoms with Crippen molar-refractivity contribution in [2.45, 2.75) is 19.3 Å². The van der Waals surface area contributed by atoms with Crippen LogP contribution in [-0.2, 0) is 9.47 Å². The van der Waals surface area contributed by atoms with Crippen molar-refractivity contribution in [1.82, 2.24) is 4.98 Å². The molecule has 0 spiro atoms. The van der Waals surface area contributed by atoms with Crippen LogP contribution in [0.2, 0.25) is 0 Å². The molecule has 0 saturated carbocycles. The number of rotatable bonds is 1. The third kappa shape index (κ3) is 1.32. The van der Waals surface area contributed by atoms with E-state index < -0.39 is 0 Å². The Labute approximate surface area is 94.0 Å². The maximum absolute atomic E-state index is 5.67. The third-order valence-electron chi connectivity index (χ3n) is 2.97. The number of aromatic nitrogens is 1. The second kappa shape index (κ2) is 3.54. The highest BCUT2D eigenvalue weighted by Gasteiger charge is 2.30. The normalized spacial score (nSPS) is 23.6. The van der Waals surface area contributed by atoms with E-state index >= 15 is 0 Å². The lowest BCUT2D eigenvalue weighted by atomic mass is 10.1. The van der Waals surface area contributed by atoms with Crippen molar-refractivity contribution in [3.05, 3.63) is 41.6 Å². The van der Waals surface area contributed by atoms with Crippen molar-refractivity contribution in [1.29, 1.82) is 0 Å². The van der Waals surface area contributed by atoms with E-state index in [2.05, 4.69) is 17.1 Å². The van der Waals surface area contributed by atoms with Crippen molar-refractivity contribution in [3.63, 3.8) is 0 Å². The molecule has 0 unspecified atom stereocenters. The molecule has 1 aromatic heterocycles. The number of hydrogen-bond acceptors (Lipinski definition) is 3. The second-order valence-electron chi connectivity index (χ2n) is 4.00. The van der Waals surface area contributed by atoms with Crippen LogP contribution in [0.15, 0.2) is 30.3 Å². The molecule has 16 heavy (non-hydrogen) atoms. The van der Waals surface area contributed by atoms with Gasteiger partial charge in [0.2, 0.25) is 0 Å². The first-order valence-corrected chi connectivity index (χ1v) is 5.37. The van der Waals surface area contributed by atoms with E-state index in [0.29, 0.717) is 0 Å². The lowest BCUT2D eigenvalue weighted by molar-refractivity contribution is -0.138. The van der Waals surface area contributed by atoms with Gasteiger partial charge in [-0.25, -0.2) is 4.98 Å². The molecule has 3 rings (SSSR count). The molecule has 0 fully saturated rings. The number of para-hydroxylation sites is 1. The highest BCUT2D eigenvalue weighted by atomic mass is 16.7. The monoisotopic (exact) mass is 215 g/mol. The fourth-order valence-electron chi connectivity index (χ4n) is 2.17. The van der Waals surface area contributed by atoms with Gasteiger partial charge < -0.3 is 9.47 Å². The molecule has 82 valence electrons. The van der Waals surface area contributed by atoms with Crippen LogP contribution in [0.25, 0.3) is 10.9 Å². The minimum absolute atomic E-state index is 0.00422. The smallest absolute Gasteiger partial charge is 0.186 e. The average Bonchev–Trinajstić information content (AvgIpc) is 2.63. The standard InChI is InChI=1S/C13H13NO2/c1-8-12-10(13(15-2)16-8)7-9-5-3-4-6-11(9)14-12/h3-8,13H,1-2H3/t8-,13-/m0/s1. The fourth-order valence-corrected chi connectivity index (χ4v) is 2.17. The average molecular weight is 215 g/mol. The molecule has 3 heteroatoms. The minimum Gasteiger partial charge on any atom is -0.352 e. The number of benzene rings is 1. The number of nitrogens with zero attached hydrogens (tertiary/aromatic N) is 1. The van der Waals surface area contributed by atoms with Crippen molar-refractivity contribution >= 4 is 10.9 Å². The number of methoxy groups -OCH3 is 1. The molecule has 0 radical (unpaired) electrons. The topological polar surface area (TPSA) is 31.4 Å². The van der Waals surface area contributed by atoms with Gasteiger partial charge in [-0.2, -0.15) is 0 Å². The summed E-state index contributed by atoms with van der Waals surface area (Å²) in [5.74, 6) is 0. The van der Waals surface area contributed by atoms with Gasteiger partial charge in [0.25, 0.3) is 0 Å². The van der Waals surface area contributed by atoms with Crippen LogP contribution in [0.4, 0.5) is 0 Å². The van der Waals surface area contributed by atoms with Crippen molar-refractivity contribution in [3.8, 4) is 0 Å². The van der Waals surface area contributed by atoms with Crippen molar-refractivity contribution < 1.29 is 9.47 Å². The molecule has 2 aromatic rings. The predicted octanol–water partition coefficient (Wildman–Crippen LogP) is 2.97.